The largest absolute Gasteiger partial charge is 0.381 e. The molecule has 0 aliphatic rings. The lowest BCUT2D eigenvalue weighted by molar-refractivity contribution is 0.125. The molecule has 0 aromatic heterocycles. The van der Waals surface area contributed by atoms with Gasteiger partial charge in [-0.15, -0.1) is 0 Å². The Bertz CT molecular complexity index is 114. The summed E-state index contributed by atoms with van der Waals surface area (Å²) in [4.78, 5) is 0. The Balaban J connectivity index is 0. The van der Waals surface area contributed by atoms with Crippen molar-refractivity contribution in [3.63, 3.8) is 0 Å². The van der Waals surface area contributed by atoms with Gasteiger partial charge in [0, 0.05) is 13.2 Å². The second kappa shape index (κ2) is 19.5. The van der Waals surface area contributed by atoms with Crippen LogP contribution in [0.1, 0.15) is 90.9 Å². The summed E-state index contributed by atoms with van der Waals surface area (Å²) in [6, 6.07) is 0. The molecule has 0 atom stereocenters. The minimum absolute atomic E-state index is 0. The highest BCUT2D eigenvalue weighted by Gasteiger charge is 1.92. The van der Waals surface area contributed by atoms with Crippen LogP contribution in [0.5, 0.6) is 0 Å². The topological polar surface area (TPSA) is 9.23 Å². The van der Waals surface area contributed by atoms with E-state index in [0.29, 0.717) is 0 Å². The van der Waals surface area contributed by atoms with Crippen LogP contribution in [0.15, 0.2) is 0 Å². The molecule has 0 radical (unpaired) electrons. The highest BCUT2D eigenvalue weighted by atomic mass is 28.1. The lowest BCUT2D eigenvalue weighted by atomic mass is 10.1. The van der Waals surface area contributed by atoms with Gasteiger partial charge >= 0.3 is 0 Å². The van der Waals surface area contributed by atoms with E-state index in [-0.39, 0.29) is 11.0 Å². The van der Waals surface area contributed by atoms with E-state index in [9.17, 15) is 0 Å². The fourth-order valence-corrected chi connectivity index (χ4v) is 2.07. The van der Waals surface area contributed by atoms with Gasteiger partial charge in [-0.2, -0.15) is 0 Å². The van der Waals surface area contributed by atoms with Crippen LogP contribution < -0.4 is 0 Å². The van der Waals surface area contributed by atoms with E-state index >= 15 is 0 Å². The van der Waals surface area contributed by atoms with Crippen LogP contribution in [0, 0.1) is 0 Å². The Morgan fingerprint density at radius 2 is 0.833 bits per heavy atom. The molecule has 18 heavy (non-hydrogen) atoms. The molecule has 2 heteroatoms. The summed E-state index contributed by atoms with van der Waals surface area (Å²) in [6.07, 6.45) is 16.3. The summed E-state index contributed by atoms with van der Waals surface area (Å²) in [6.45, 7) is 6.51. The summed E-state index contributed by atoms with van der Waals surface area (Å²) in [5.41, 5.74) is 0. The fraction of sp³-hybridized carbons (Fsp3) is 1.00. The van der Waals surface area contributed by atoms with Crippen molar-refractivity contribution in [2.45, 2.75) is 90.9 Å². The van der Waals surface area contributed by atoms with E-state index in [1.165, 1.54) is 77.0 Å². The van der Waals surface area contributed by atoms with Crippen LogP contribution in [-0.4, -0.2) is 24.2 Å². The quantitative estimate of drug-likeness (QED) is 0.339. The van der Waals surface area contributed by atoms with Crippen molar-refractivity contribution < 1.29 is 4.74 Å². The molecule has 0 spiro atoms. The maximum absolute atomic E-state index is 5.65. The molecular weight excluding hydrogens is 236 g/mol. The SMILES string of the molecule is CCCCCCCCOCCCCCCCC.[SiH4]. The monoisotopic (exact) mass is 274 g/mol. The summed E-state index contributed by atoms with van der Waals surface area (Å²) >= 11 is 0. The zero-order valence-corrected chi connectivity index (χ0v) is 12.3. The molecule has 0 aliphatic heterocycles. The van der Waals surface area contributed by atoms with Crippen molar-refractivity contribution in [3.05, 3.63) is 0 Å². The molecule has 0 fully saturated rings. The maximum atomic E-state index is 5.65. The zero-order chi connectivity index (χ0) is 12.6. The Morgan fingerprint density at radius 1 is 0.500 bits per heavy atom. The number of hydrogen-bond donors (Lipinski definition) is 0. The van der Waals surface area contributed by atoms with Gasteiger partial charge in [0.2, 0.25) is 0 Å². The van der Waals surface area contributed by atoms with E-state index in [0.717, 1.165) is 13.2 Å². The van der Waals surface area contributed by atoms with E-state index in [4.69, 9.17) is 4.74 Å². The van der Waals surface area contributed by atoms with Gasteiger partial charge in [0.1, 0.15) is 0 Å². The Labute approximate surface area is 120 Å². The standard InChI is InChI=1S/C16H34O.H4Si/c1-3-5-7-9-11-13-15-17-16-14-12-10-8-6-4-2;/h3-16H2,1-2H3;1H4. The minimum atomic E-state index is 0. The highest BCUT2D eigenvalue weighted by Crippen LogP contribution is 2.06. The first kappa shape index (κ1) is 20.5. The third-order valence-corrected chi connectivity index (χ3v) is 3.28. The van der Waals surface area contributed by atoms with Crippen molar-refractivity contribution in [1.29, 1.82) is 0 Å². The molecule has 0 unspecified atom stereocenters. The third-order valence-electron chi connectivity index (χ3n) is 3.28. The molecule has 0 saturated heterocycles. The smallest absolute Gasteiger partial charge is 0.0466 e. The van der Waals surface area contributed by atoms with Gasteiger partial charge in [0.05, 0.1) is 0 Å². The second-order valence-electron chi connectivity index (χ2n) is 5.15. The molecule has 0 N–H and O–H groups in total. The van der Waals surface area contributed by atoms with Crippen LogP contribution in [0.25, 0.3) is 0 Å². The Morgan fingerprint density at radius 3 is 1.22 bits per heavy atom. The van der Waals surface area contributed by atoms with Crippen molar-refractivity contribution in [2.75, 3.05) is 13.2 Å². The highest BCUT2D eigenvalue weighted by molar-refractivity contribution is 5.75. The molecule has 112 valence electrons. The van der Waals surface area contributed by atoms with Gasteiger partial charge in [0.15, 0.2) is 0 Å². The lowest BCUT2D eigenvalue weighted by Gasteiger charge is -2.04. The summed E-state index contributed by atoms with van der Waals surface area (Å²) < 4.78 is 5.65. The third kappa shape index (κ3) is 18.5. The molecule has 1 nitrogen and oxygen atoms in total. The van der Waals surface area contributed by atoms with Crippen molar-refractivity contribution >= 4 is 11.0 Å². The summed E-state index contributed by atoms with van der Waals surface area (Å²) in [7, 11) is 0. The molecule has 0 aromatic carbocycles. The van der Waals surface area contributed by atoms with Crippen molar-refractivity contribution in [3.8, 4) is 0 Å². The number of hydrogen-bond acceptors (Lipinski definition) is 1. The summed E-state index contributed by atoms with van der Waals surface area (Å²) in [5, 5.41) is 0. The van der Waals surface area contributed by atoms with Crippen LogP contribution >= 0.6 is 0 Å². The molecule has 0 saturated carbocycles. The van der Waals surface area contributed by atoms with Crippen LogP contribution in [0.2, 0.25) is 0 Å². The lowest BCUT2D eigenvalue weighted by Crippen LogP contribution is -1.97. The average Bonchev–Trinajstić information content (AvgIpc) is 2.35. The van der Waals surface area contributed by atoms with E-state index in [1.54, 1.807) is 0 Å². The number of unbranched alkanes of at least 4 members (excludes halogenated alkanes) is 10. The van der Waals surface area contributed by atoms with E-state index < -0.39 is 0 Å². The van der Waals surface area contributed by atoms with Crippen LogP contribution in [-0.2, 0) is 4.74 Å². The molecule has 0 amide bonds. The normalized spacial score (nSPS) is 10.3. The molecule has 0 bridgehead atoms. The molecular formula is C16H38OSi. The number of ether oxygens (including phenoxy) is 1. The van der Waals surface area contributed by atoms with Gasteiger partial charge in [-0.1, -0.05) is 78.1 Å². The number of rotatable bonds is 14. The van der Waals surface area contributed by atoms with Gasteiger partial charge in [-0.25, -0.2) is 0 Å². The van der Waals surface area contributed by atoms with Crippen LogP contribution in [0.3, 0.4) is 0 Å². The van der Waals surface area contributed by atoms with Gasteiger partial charge < -0.3 is 4.74 Å². The Hall–Kier alpha value is 0.177. The van der Waals surface area contributed by atoms with Gasteiger partial charge in [-0.3, -0.25) is 0 Å². The van der Waals surface area contributed by atoms with Gasteiger partial charge in [0.25, 0.3) is 0 Å². The van der Waals surface area contributed by atoms with E-state index in [2.05, 4.69) is 13.8 Å². The average molecular weight is 275 g/mol. The molecule has 0 aliphatic carbocycles. The van der Waals surface area contributed by atoms with Gasteiger partial charge in [-0.05, 0) is 23.8 Å². The maximum Gasteiger partial charge on any atom is 0.0466 e. The summed E-state index contributed by atoms with van der Waals surface area (Å²) in [5.74, 6) is 0. The first-order chi connectivity index (χ1) is 8.41. The first-order valence-electron chi connectivity index (χ1n) is 7.99. The minimum Gasteiger partial charge on any atom is -0.381 e. The predicted octanol–water partition coefficient (Wildman–Crippen LogP) is 4.27. The molecule has 0 heterocycles. The predicted molar refractivity (Wildman–Crippen MR) is 88.9 cm³/mol. The van der Waals surface area contributed by atoms with Crippen molar-refractivity contribution in [1.82, 2.24) is 0 Å². The van der Waals surface area contributed by atoms with E-state index in [1.807, 2.05) is 0 Å². The van der Waals surface area contributed by atoms with Crippen LogP contribution in [0.4, 0.5) is 0 Å². The first-order valence-corrected chi connectivity index (χ1v) is 7.99. The Kier molecular flexibility index (Phi) is 22.2. The molecule has 0 aromatic rings. The molecule has 0 rings (SSSR count). The fourth-order valence-electron chi connectivity index (χ4n) is 2.07. The zero-order valence-electron chi connectivity index (χ0n) is 12.3. The second-order valence-corrected chi connectivity index (χ2v) is 5.15. The van der Waals surface area contributed by atoms with Crippen molar-refractivity contribution in [2.24, 2.45) is 0 Å².